The Labute approximate surface area is 102 Å². The summed E-state index contributed by atoms with van der Waals surface area (Å²) in [6.07, 6.45) is 5.15. The largest absolute Gasteiger partial charge is 0.398 e. The molecule has 1 aromatic carbocycles. The lowest BCUT2D eigenvalue weighted by Gasteiger charge is -2.13. The maximum Gasteiger partial charge on any atom is 0.241 e. The molecule has 5 heteroatoms. The van der Waals surface area contributed by atoms with Gasteiger partial charge in [-0.3, -0.25) is 0 Å². The van der Waals surface area contributed by atoms with Crippen molar-refractivity contribution in [1.82, 2.24) is 4.72 Å². The van der Waals surface area contributed by atoms with Crippen LogP contribution in [-0.4, -0.2) is 14.5 Å². The number of sulfonamides is 1. The first kappa shape index (κ1) is 13.6. The summed E-state index contributed by atoms with van der Waals surface area (Å²) in [6.45, 7) is 5.06. The minimum atomic E-state index is -3.62. The van der Waals surface area contributed by atoms with Crippen LogP contribution in [0.5, 0.6) is 0 Å². The van der Waals surface area contributed by atoms with Crippen molar-refractivity contribution in [2.24, 2.45) is 0 Å². The van der Waals surface area contributed by atoms with Crippen molar-refractivity contribution in [2.45, 2.75) is 31.7 Å². The summed E-state index contributed by atoms with van der Waals surface area (Å²) in [4.78, 5) is 0.178. The van der Waals surface area contributed by atoms with E-state index in [1.54, 1.807) is 32.9 Å². The third-order valence-corrected chi connectivity index (χ3v) is 4.08. The van der Waals surface area contributed by atoms with Gasteiger partial charge >= 0.3 is 0 Å². The van der Waals surface area contributed by atoms with Gasteiger partial charge in [0.1, 0.15) is 0 Å². The molecule has 1 atom stereocenters. The molecule has 1 rings (SSSR count). The van der Waals surface area contributed by atoms with Crippen LogP contribution in [0.2, 0.25) is 0 Å². The van der Waals surface area contributed by atoms with Crippen molar-refractivity contribution in [1.29, 1.82) is 0 Å². The van der Waals surface area contributed by atoms with Crippen LogP contribution in [0.15, 0.2) is 17.0 Å². The molecule has 17 heavy (non-hydrogen) atoms. The fourth-order valence-electron chi connectivity index (χ4n) is 1.46. The van der Waals surface area contributed by atoms with Crippen LogP contribution >= 0.6 is 0 Å². The number of hydrogen-bond acceptors (Lipinski definition) is 3. The van der Waals surface area contributed by atoms with Crippen molar-refractivity contribution >= 4 is 15.7 Å². The summed E-state index contributed by atoms with van der Waals surface area (Å²) in [5, 5.41) is 0. The van der Waals surface area contributed by atoms with Gasteiger partial charge in [0, 0.05) is 5.69 Å². The van der Waals surface area contributed by atoms with E-state index in [4.69, 9.17) is 12.2 Å². The van der Waals surface area contributed by atoms with Gasteiger partial charge in [-0.05, 0) is 44.0 Å². The summed E-state index contributed by atoms with van der Waals surface area (Å²) in [7, 11) is -3.62. The number of benzene rings is 1. The lowest BCUT2D eigenvalue weighted by Crippen LogP contribution is -2.32. The van der Waals surface area contributed by atoms with E-state index in [2.05, 4.69) is 10.6 Å². The Kier molecular flexibility index (Phi) is 3.81. The van der Waals surface area contributed by atoms with E-state index in [0.29, 0.717) is 11.3 Å². The van der Waals surface area contributed by atoms with E-state index in [9.17, 15) is 8.42 Å². The number of nitrogens with one attached hydrogen (secondary N) is 1. The van der Waals surface area contributed by atoms with Crippen LogP contribution in [0.25, 0.3) is 0 Å². The number of nitrogens with two attached hydrogens (primary N) is 1. The molecule has 1 unspecified atom stereocenters. The lowest BCUT2D eigenvalue weighted by molar-refractivity contribution is 0.577. The number of anilines is 1. The van der Waals surface area contributed by atoms with E-state index in [0.717, 1.165) is 5.56 Å². The highest BCUT2D eigenvalue weighted by atomic mass is 32.2. The summed E-state index contributed by atoms with van der Waals surface area (Å²) < 4.78 is 26.5. The molecule has 0 aliphatic heterocycles. The van der Waals surface area contributed by atoms with E-state index >= 15 is 0 Å². The Bertz CT molecular complexity index is 571. The van der Waals surface area contributed by atoms with Crippen LogP contribution in [0.1, 0.15) is 18.1 Å². The topological polar surface area (TPSA) is 72.2 Å². The van der Waals surface area contributed by atoms with Gasteiger partial charge in [-0.25, -0.2) is 8.42 Å². The molecule has 0 amide bonds. The number of aryl methyl sites for hydroxylation is 1. The molecular formula is C12H16N2O2S. The van der Waals surface area contributed by atoms with Crippen molar-refractivity contribution in [2.75, 3.05) is 5.73 Å². The predicted molar refractivity (Wildman–Crippen MR) is 68.9 cm³/mol. The Balaban J connectivity index is 3.30. The second-order valence-corrected chi connectivity index (χ2v) is 5.67. The fourth-order valence-corrected chi connectivity index (χ4v) is 2.98. The minimum Gasteiger partial charge on any atom is -0.398 e. The van der Waals surface area contributed by atoms with Crippen molar-refractivity contribution in [3.8, 4) is 12.3 Å². The van der Waals surface area contributed by atoms with E-state index in [1.807, 2.05) is 0 Å². The summed E-state index contributed by atoms with van der Waals surface area (Å²) in [5.41, 5.74) is 7.53. The second-order valence-electron chi connectivity index (χ2n) is 3.99. The minimum absolute atomic E-state index is 0.178. The van der Waals surface area contributed by atoms with Crippen LogP contribution in [0.4, 0.5) is 5.69 Å². The highest BCUT2D eigenvalue weighted by Gasteiger charge is 2.20. The zero-order valence-corrected chi connectivity index (χ0v) is 10.9. The first-order chi connectivity index (χ1) is 7.77. The van der Waals surface area contributed by atoms with Crippen LogP contribution in [-0.2, 0) is 10.0 Å². The van der Waals surface area contributed by atoms with Gasteiger partial charge < -0.3 is 5.73 Å². The molecule has 0 saturated heterocycles. The Morgan fingerprint density at radius 3 is 2.53 bits per heavy atom. The quantitative estimate of drug-likeness (QED) is 0.627. The zero-order valence-electron chi connectivity index (χ0n) is 10.1. The van der Waals surface area contributed by atoms with Gasteiger partial charge in [0.05, 0.1) is 10.9 Å². The van der Waals surface area contributed by atoms with Crippen LogP contribution in [0.3, 0.4) is 0 Å². The van der Waals surface area contributed by atoms with Crippen LogP contribution in [0, 0.1) is 26.2 Å². The number of terminal acetylenes is 1. The maximum atomic E-state index is 12.1. The van der Waals surface area contributed by atoms with Gasteiger partial charge in [-0.1, -0.05) is 5.92 Å². The Morgan fingerprint density at radius 1 is 1.41 bits per heavy atom. The van der Waals surface area contributed by atoms with Gasteiger partial charge in [0.25, 0.3) is 0 Å². The standard InChI is InChI=1S/C12H16N2O2S/c1-5-9(3)14-17(15,16)12-7-8(2)6-11(13)10(12)4/h1,6-7,9,14H,13H2,2-4H3. The van der Waals surface area contributed by atoms with Crippen molar-refractivity contribution < 1.29 is 8.42 Å². The average Bonchev–Trinajstić information content (AvgIpc) is 2.22. The first-order valence-electron chi connectivity index (χ1n) is 5.13. The molecule has 4 nitrogen and oxygen atoms in total. The summed E-state index contributed by atoms with van der Waals surface area (Å²) in [5.74, 6) is 2.32. The maximum absolute atomic E-state index is 12.1. The molecule has 0 heterocycles. The van der Waals surface area contributed by atoms with E-state index < -0.39 is 16.1 Å². The van der Waals surface area contributed by atoms with E-state index in [-0.39, 0.29) is 4.90 Å². The van der Waals surface area contributed by atoms with Crippen LogP contribution < -0.4 is 10.5 Å². The molecule has 1 aromatic rings. The normalized spacial score (nSPS) is 13.1. The average molecular weight is 252 g/mol. The van der Waals surface area contributed by atoms with Crippen molar-refractivity contribution in [3.63, 3.8) is 0 Å². The Morgan fingerprint density at radius 2 is 2.00 bits per heavy atom. The molecule has 3 N–H and O–H groups in total. The molecule has 0 fully saturated rings. The number of hydrogen-bond donors (Lipinski definition) is 2. The van der Waals surface area contributed by atoms with Crippen molar-refractivity contribution in [3.05, 3.63) is 23.3 Å². The molecular weight excluding hydrogens is 236 g/mol. The molecule has 0 aromatic heterocycles. The van der Waals surface area contributed by atoms with Gasteiger partial charge in [0.2, 0.25) is 10.0 Å². The van der Waals surface area contributed by atoms with Gasteiger partial charge in [0.15, 0.2) is 0 Å². The Hall–Kier alpha value is -1.51. The first-order valence-corrected chi connectivity index (χ1v) is 6.61. The highest BCUT2D eigenvalue weighted by Crippen LogP contribution is 2.22. The smallest absolute Gasteiger partial charge is 0.241 e. The zero-order chi connectivity index (χ0) is 13.2. The summed E-state index contributed by atoms with van der Waals surface area (Å²) >= 11 is 0. The molecule has 92 valence electrons. The van der Waals surface area contributed by atoms with Gasteiger partial charge in [-0.15, -0.1) is 6.42 Å². The highest BCUT2D eigenvalue weighted by molar-refractivity contribution is 7.89. The summed E-state index contributed by atoms with van der Waals surface area (Å²) in [6, 6.07) is 2.76. The predicted octanol–water partition coefficient (Wildman–Crippen LogP) is 1.19. The third kappa shape index (κ3) is 2.99. The number of rotatable bonds is 3. The second kappa shape index (κ2) is 4.78. The SMILES string of the molecule is C#CC(C)NS(=O)(=O)c1cc(C)cc(N)c1C. The molecule has 0 spiro atoms. The third-order valence-electron chi connectivity index (χ3n) is 2.42. The molecule has 0 radical (unpaired) electrons. The molecule has 0 aliphatic rings. The number of nitrogen functional groups attached to an aromatic ring is 1. The fraction of sp³-hybridized carbons (Fsp3) is 0.333. The lowest BCUT2D eigenvalue weighted by atomic mass is 10.1. The van der Waals surface area contributed by atoms with Gasteiger partial charge in [-0.2, -0.15) is 4.72 Å². The molecule has 0 saturated carbocycles. The monoisotopic (exact) mass is 252 g/mol. The molecule has 0 aliphatic carbocycles. The van der Waals surface area contributed by atoms with E-state index in [1.165, 1.54) is 0 Å². The molecule has 0 bridgehead atoms.